The Balaban J connectivity index is 2.71. The number of imidazole rings is 1. The van der Waals surface area contributed by atoms with Crippen molar-refractivity contribution in [2.24, 2.45) is 5.73 Å². The van der Waals surface area contributed by atoms with Crippen molar-refractivity contribution >= 4 is 28.5 Å². The Morgan fingerprint density at radius 1 is 1.50 bits per heavy atom. The number of carbonyl (C=O) groups is 1. The van der Waals surface area contributed by atoms with E-state index in [1.807, 2.05) is 0 Å². The van der Waals surface area contributed by atoms with Gasteiger partial charge < -0.3 is 10.7 Å². The number of benzene rings is 1. The molecule has 1 aromatic carbocycles. The smallest absolute Gasteiger partial charge is 0.366 e. The number of aromatic amines is 1. The maximum Gasteiger partial charge on any atom is 0.379 e. The van der Waals surface area contributed by atoms with Crippen molar-refractivity contribution in [3.05, 3.63) is 29.6 Å². The van der Waals surface area contributed by atoms with E-state index >= 15 is 0 Å². The van der Waals surface area contributed by atoms with Crippen molar-refractivity contribution in [1.29, 1.82) is 0 Å². The van der Waals surface area contributed by atoms with E-state index in [1.54, 1.807) is 0 Å². The summed E-state index contributed by atoms with van der Waals surface area (Å²) in [4.78, 5) is 16.9. The lowest BCUT2D eigenvalue weighted by Gasteiger charge is -2.00. The topological polar surface area (TPSA) is 71.8 Å². The van der Waals surface area contributed by atoms with Gasteiger partial charge in [-0.3, -0.25) is 4.79 Å². The summed E-state index contributed by atoms with van der Waals surface area (Å²) in [5.74, 6) is -1.44. The van der Waals surface area contributed by atoms with E-state index in [2.05, 4.69) is 9.97 Å². The molecule has 0 aliphatic heterocycles. The Kier molecular flexibility index (Phi) is 2.31. The van der Waals surface area contributed by atoms with Crippen LogP contribution in [0.1, 0.15) is 16.2 Å². The number of nitrogens with one attached hydrogen (secondary N) is 1. The fourth-order valence-electron chi connectivity index (χ4n) is 1.37. The molecule has 1 heterocycles. The molecule has 0 saturated heterocycles. The van der Waals surface area contributed by atoms with Crippen LogP contribution in [-0.4, -0.2) is 15.9 Å². The summed E-state index contributed by atoms with van der Waals surface area (Å²) in [6, 6.07) is 4.42. The van der Waals surface area contributed by atoms with Gasteiger partial charge in [0.2, 0.25) is 0 Å². The predicted molar refractivity (Wildman–Crippen MR) is 54.4 cm³/mol. The van der Waals surface area contributed by atoms with Gasteiger partial charge in [0.05, 0.1) is 11.1 Å². The van der Waals surface area contributed by atoms with Crippen LogP contribution in [0, 0.1) is 0 Å². The summed E-state index contributed by atoms with van der Waals surface area (Å²) >= 11 is 4.82. The van der Waals surface area contributed by atoms with Crippen LogP contribution in [0.4, 0.5) is 8.78 Å². The number of hydrogen-bond donors (Lipinski definition) is 2. The van der Waals surface area contributed by atoms with Crippen LogP contribution in [0.3, 0.4) is 0 Å². The first kappa shape index (κ1) is 10.8. The molecule has 0 bridgehead atoms. The predicted octanol–water partition coefficient (Wildman–Crippen LogP) is 1.95. The zero-order valence-corrected chi connectivity index (χ0v) is 8.55. The third kappa shape index (κ3) is 1.71. The number of aromatic nitrogens is 2. The van der Waals surface area contributed by atoms with E-state index in [4.69, 9.17) is 17.3 Å². The second-order valence-electron chi connectivity index (χ2n) is 3.15. The van der Waals surface area contributed by atoms with E-state index in [1.165, 1.54) is 18.2 Å². The number of H-pyrrole nitrogens is 1. The lowest BCUT2D eigenvalue weighted by Crippen LogP contribution is -2.11. The second-order valence-corrected chi connectivity index (χ2v) is 3.62. The molecule has 1 aromatic heterocycles. The average Bonchev–Trinajstić information content (AvgIpc) is 2.59. The van der Waals surface area contributed by atoms with Crippen LogP contribution in [-0.2, 0) is 5.38 Å². The fraction of sp³-hybridized carbons (Fsp3) is 0.111. The maximum atomic E-state index is 12.8. The van der Waals surface area contributed by atoms with Gasteiger partial charge in [0.15, 0.2) is 5.82 Å². The minimum absolute atomic E-state index is 0.0703. The van der Waals surface area contributed by atoms with E-state index in [0.717, 1.165) is 0 Å². The average molecular weight is 246 g/mol. The normalized spacial score (nSPS) is 11.9. The van der Waals surface area contributed by atoms with Crippen LogP contribution in [0.2, 0.25) is 0 Å². The molecule has 3 N–H and O–H groups in total. The third-order valence-corrected chi connectivity index (χ3v) is 2.23. The van der Waals surface area contributed by atoms with Crippen LogP contribution < -0.4 is 5.73 Å². The molecule has 2 rings (SSSR count). The summed E-state index contributed by atoms with van der Waals surface area (Å²) < 4.78 is 25.6. The molecule has 0 atom stereocenters. The molecule has 0 aliphatic carbocycles. The fourth-order valence-corrected chi connectivity index (χ4v) is 1.45. The van der Waals surface area contributed by atoms with Crippen molar-refractivity contribution in [2.45, 2.75) is 5.38 Å². The summed E-state index contributed by atoms with van der Waals surface area (Å²) in [6.45, 7) is 0. The molecule has 4 nitrogen and oxygen atoms in total. The highest BCUT2D eigenvalue weighted by molar-refractivity contribution is 6.21. The van der Waals surface area contributed by atoms with Crippen molar-refractivity contribution in [1.82, 2.24) is 9.97 Å². The highest BCUT2D eigenvalue weighted by Gasteiger charge is 2.32. The van der Waals surface area contributed by atoms with Gasteiger partial charge in [-0.2, -0.15) is 8.78 Å². The van der Waals surface area contributed by atoms with Gasteiger partial charge in [0.25, 0.3) is 5.91 Å². The molecule has 0 spiro atoms. The second kappa shape index (κ2) is 3.41. The number of carbonyl (C=O) groups excluding carboxylic acids is 1. The van der Waals surface area contributed by atoms with E-state index in [0.29, 0.717) is 0 Å². The Morgan fingerprint density at radius 3 is 2.75 bits per heavy atom. The number of rotatable bonds is 2. The van der Waals surface area contributed by atoms with Gasteiger partial charge in [-0.1, -0.05) is 6.07 Å². The monoisotopic (exact) mass is 245 g/mol. The Bertz CT molecular complexity index is 561. The molecular formula is C9H6ClF2N3O. The summed E-state index contributed by atoms with van der Waals surface area (Å²) in [7, 11) is 0. The highest BCUT2D eigenvalue weighted by Crippen LogP contribution is 2.31. The molecular weight excluding hydrogens is 240 g/mol. The summed E-state index contributed by atoms with van der Waals surface area (Å²) in [5, 5.41) is -3.60. The van der Waals surface area contributed by atoms with Gasteiger partial charge in [-0.05, 0) is 23.7 Å². The zero-order chi connectivity index (χ0) is 11.9. The minimum Gasteiger partial charge on any atom is -0.366 e. The minimum atomic E-state index is -3.60. The van der Waals surface area contributed by atoms with Crippen molar-refractivity contribution in [3.63, 3.8) is 0 Å². The number of alkyl halides is 3. The number of amides is 1. The largest absolute Gasteiger partial charge is 0.379 e. The van der Waals surface area contributed by atoms with Gasteiger partial charge in [0.1, 0.15) is 5.52 Å². The van der Waals surface area contributed by atoms with Crippen LogP contribution in [0.15, 0.2) is 18.2 Å². The van der Waals surface area contributed by atoms with E-state index in [-0.39, 0.29) is 16.6 Å². The number of para-hydroxylation sites is 1. The molecule has 0 aliphatic rings. The zero-order valence-electron chi connectivity index (χ0n) is 7.80. The Labute approximate surface area is 93.4 Å². The molecule has 7 heteroatoms. The van der Waals surface area contributed by atoms with E-state index < -0.39 is 17.1 Å². The summed E-state index contributed by atoms with van der Waals surface area (Å²) in [5.41, 5.74) is 5.53. The first-order valence-corrected chi connectivity index (χ1v) is 4.63. The molecule has 0 unspecified atom stereocenters. The molecule has 16 heavy (non-hydrogen) atoms. The van der Waals surface area contributed by atoms with Gasteiger partial charge in [0, 0.05) is 0 Å². The standard InChI is InChI=1S/C9H6ClF2N3O/c10-9(11,12)8-14-5-3-1-2-4(7(13)16)6(5)15-8/h1-3H,(H2,13,16)(H,14,15). The molecule has 0 radical (unpaired) electrons. The first-order valence-electron chi connectivity index (χ1n) is 4.25. The van der Waals surface area contributed by atoms with Crippen LogP contribution in [0.5, 0.6) is 0 Å². The van der Waals surface area contributed by atoms with Gasteiger partial charge >= 0.3 is 5.38 Å². The van der Waals surface area contributed by atoms with Crippen molar-refractivity contribution in [2.75, 3.05) is 0 Å². The number of nitrogens with zero attached hydrogens (tertiary/aromatic N) is 1. The van der Waals surface area contributed by atoms with Crippen molar-refractivity contribution < 1.29 is 13.6 Å². The Morgan fingerprint density at radius 2 is 2.19 bits per heavy atom. The molecule has 0 saturated carbocycles. The Hall–Kier alpha value is -1.69. The molecule has 0 fully saturated rings. The van der Waals surface area contributed by atoms with Crippen LogP contribution in [0.25, 0.3) is 11.0 Å². The number of nitrogens with two attached hydrogens (primary N) is 1. The van der Waals surface area contributed by atoms with Crippen molar-refractivity contribution in [3.8, 4) is 0 Å². The quantitative estimate of drug-likeness (QED) is 0.794. The molecule has 2 aromatic rings. The van der Waals surface area contributed by atoms with Gasteiger partial charge in [-0.25, -0.2) is 4.98 Å². The maximum absolute atomic E-state index is 12.8. The lowest BCUT2D eigenvalue weighted by molar-refractivity contribution is 0.0857. The SMILES string of the molecule is NC(=O)c1cccc2[nH]c(C(F)(F)Cl)nc12. The number of halogens is 3. The number of fused-ring (bicyclic) bond motifs is 1. The van der Waals surface area contributed by atoms with E-state index in [9.17, 15) is 13.6 Å². The first-order chi connectivity index (χ1) is 7.39. The van der Waals surface area contributed by atoms with Crippen LogP contribution >= 0.6 is 11.6 Å². The van der Waals surface area contributed by atoms with Gasteiger partial charge in [-0.15, -0.1) is 0 Å². The third-order valence-electron chi connectivity index (χ3n) is 2.05. The highest BCUT2D eigenvalue weighted by atomic mass is 35.5. The molecule has 84 valence electrons. The molecule has 1 amide bonds. The number of primary amides is 1. The summed E-state index contributed by atoms with van der Waals surface area (Å²) in [6.07, 6.45) is 0. The lowest BCUT2D eigenvalue weighted by atomic mass is 10.2. The number of hydrogen-bond acceptors (Lipinski definition) is 2.